The van der Waals surface area contributed by atoms with Crippen molar-refractivity contribution >= 4 is 17.5 Å². The molecule has 1 aromatic heterocycles. The molecular weight excluding hydrogens is 314 g/mol. The summed E-state index contributed by atoms with van der Waals surface area (Å²) in [7, 11) is 0. The van der Waals surface area contributed by atoms with Gasteiger partial charge >= 0.3 is 0 Å². The lowest BCUT2D eigenvalue weighted by Crippen LogP contribution is -2.51. The van der Waals surface area contributed by atoms with Gasteiger partial charge < -0.3 is 10.2 Å². The van der Waals surface area contributed by atoms with E-state index in [1.165, 1.54) is 0 Å². The standard InChI is InChI=1S/C16H20ClN5O/c1-3-14-15(16(23)21-8-7-18-11(2)10-21)19-20-22(14)13-6-4-5-12(17)9-13/h4-6,9,11,18H,3,7-8,10H2,1-2H3/t11-/m1/s1. The Kier molecular flexibility index (Phi) is 4.63. The predicted octanol–water partition coefficient (Wildman–Crippen LogP) is 1.92. The molecule has 1 N–H and O–H groups in total. The highest BCUT2D eigenvalue weighted by molar-refractivity contribution is 6.30. The lowest BCUT2D eigenvalue weighted by Gasteiger charge is -2.31. The van der Waals surface area contributed by atoms with Gasteiger partial charge in [-0.15, -0.1) is 5.10 Å². The number of hydrogen-bond acceptors (Lipinski definition) is 4. The molecule has 0 bridgehead atoms. The number of piperazine rings is 1. The van der Waals surface area contributed by atoms with Crippen molar-refractivity contribution in [2.75, 3.05) is 19.6 Å². The minimum absolute atomic E-state index is 0.0523. The summed E-state index contributed by atoms with van der Waals surface area (Å²) in [4.78, 5) is 14.6. The Hall–Kier alpha value is -1.92. The van der Waals surface area contributed by atoms with Crippen LogP contribution in [0.2, 0.25) is 5.02 Å². The van der Waals surface area contributed by atoms with Gasteiger partial charge in [0.25, 0.3) is 5.91 Å². The van der Waals surface area contributed by atoms with Gasteiger partial charge in [-0.2, -0.15) is 0 Å². The van der Waals surface area contributed by atoms with Crippen LogP contribution < -0.4 is 5.32 Å². The number of nitrogens with zero attached hydrogens (tertiary/aromatic N) is 4. The summed E-state index contributed by atoms with van der Waals surface area (Å²) in [6.45, 7) is 6.25. The molecule has 2 heterocycles. The van der Waals surface area contributed by atoms with Crippen LogP contribution in [0, 0.1) is 0 Å². The number of amides is 1. The van der Waals surface area contributed by atoms with E-state index in [0.29, 0.717) is 36.3 Å². The number of carbonyl (C=O) groups is 1. The third kappa shape index (κ3) is 3.23. The second kappa shape index (κ2) is 6.68. The van der Waals surface area contributed by atoms with Crippen LogP contribution in [-0.2, 0) is 6.42 Å². The first-order chi connectivity index (χ1) is 11.1. The molecule has 0 unspecified atom stereocenters. The smallest absolute Gasteiger partial charge is 0.276 e. The van der Waals surface area contributed by atoms with Crippen LogP contribution in [-0.4, -0.2) is 51.5 Å². The number of nitrogens with one attached hydrogen (secondary N) is 1. The summed E-state index contributed by atoms with van der Waals surface area (Å²) < 4.78 is 1.70. The van der Waals surface area contributed by atoms with Gasteiger partial charge in [-0.05, 0) is 31.5 Å². The molecule has 6 nitrogen and oxygen atoms in total. The SMILES string of the molecule is CCc1c(C(=O)N2CCN[C@H](C)C2)nnn1-c1cccc(Cl)c1. The summed E-state index contributed by atoms with van der Waals surface area (Å²) in [5.41, 5.74) is 2.06. The maximum absolute atomic E-state index is 12.8. The zero-order valence-corrected chi connectivity index (χ0v) is 14.0. The summed E-state index contributed by atoms with van der Waals surface area (Å²) in [5, 5.41) is 12.3. The van der Waals surface area contributed by atoms with Crippen molar-refractivity contribution in [2.45, 2.75) is 26.3 Å². The van der Waals surface area contributed by atoms with E-state index < -0.39 is 0 Å². The molecule has 0 saturated carbocycles. The molecule has 3 rings (SSSR count). The number of halogens is 1. The van der Waals surface area contributed by atoms with E-state index in [9.17, 15) is 4.79 Å². The first-order valence-electron chi connectivity index (χ1n) is 7.83. The van der Waals surface area contributed by atoms with Gasteiger partial charge in [0, 0.05) is 30.7 Å². The largest absolute Gasteiger partial charge is 0.334 e. The highest BCUT2D eigenvalue weighted by Crippen LogP contribution is 2.19. The van der Waals surface area contributed by atoms with Crippen molar-refractivity contribution in [1.29, 1.82) is 0 Å². The van der Waals surface area contributed by atoms with E-state index in [1.54, 1.807) is 4.68 Å². The zero-order valence-electron chi connectivity index (χ0n) is 13.3. The number of carbonyl (C=O) groups excluding carboxylic acids is 1. The third-order valence-corrected chi connectivity index (χ3v) is 4.24. The molecule has 7 heteroatoms. The number of benzene rings is 1. The fraction of sp³-hybridized carbons (Fsp3) is 0.438. The first-order valence-corrected chi connectivity index (χ1v) is 8.21. The van der Waals surface area contributed by atoms with Gasteiger partial charge in [0.15, 0.2) is 5.69 Å². The maximum Gasteiger partial charge on any atom is 0.276 e. The second-order valence-electron chi connectivity index (χ2n) is 5.74. The summed E-state index contributed by atoms with van der Waals surface area (Å²) in [6.07, 6.45) is 0.669. The quantitative estimate of drug-likeness (QED) is 0.932. The van der Waals surface area contributed by atoms with Gasteiger partial charge in [-0.25, -0.2) is 4.68 Å². The minimum Gasteiger partial charge on any atom is -0.334 e. The molecule has 2 aromatic rings. The summed E-state index contributed by atoms with van der Waals surface area (Å²) in [6, 6.07) is 7.68. The van der Waals surface area contributed by atoms with Crippen molar-refractivity contribution in [3.63, 3.8) is 0 Å². The van der Waals surface area contributed by atoms with E-state index in [4.69, 9.17) is 11.6 Å². The Morgan fingerprint density at radius 1 is 1.48 bits per heavy atom. The van der Waals surface area contributed by atoms with E-state index in [-0.39, 0.29) is 5.91 Å². The highest BCUT2D eigenvalue weighted by atomic mass is 35.5. The lowest BCUT2D eigenvalue weighted by molar-refractivity contribution is 0.0702. The fourth-order valence-corrected chi connectivity index (χ4v) is 3.05. The number of rotatable bonds is 3. The molecule has 1 aliphatic heterocycles. The van der Waals surface area contributed by atoms with Crippen molar-refractivity contribution in [2.24, 2.45) is 0 Å². The molecule has 1 aromatic carbocycles. The van der Waals surface area contributed by atoms with Gasteiger partial charge in [-0.3, -0.25) is 4.79 Å². The van der Waals surface area contributed by atoms with Gasteiger partial charge in [-0.1, -0.05) is 29.8 Å². The molecule has 1 atom stereocenters. The molecule has 1 fully saturated rings. The van der Waals surface area contributed by atoms with Crippen LogP contribution in [0.25, 0.3) is 5.69 Å². The summed E-state index contributed by atoms with van der Waals surface area (Å²) >= 11 is 6.05. The zero-order chi connectivity index (χ0) is 16.4. The average molecular weight is 334 g/mol. The van der Waals surface area contributed by atoms with Crippen LogP contribution in [0.3, 0.4) is 0 Å². The van der Waals surface area contributed by atoms with E-state index in [1.807, 2.05) is 36.1 Å². The minimum atomic E-state index is -0.0523. The molecule has 0 radical (unpaired) electrons. The van der Waals surface area contributed by atoms with Crippen LogP contribution in [0.4, 0.5) is 0 Å². The van der Waals surface area contributed by atoms with Gasteiger partial charge in [0.2, 0.25) is 0 Å². The molecule has 0 aliphatic carbocycles. The number of aromatic nitrogens is 3. The molecule has 23 heavy (non-hydrogen) atoms. The topological polar surface area (TPSA) is 63.1 Å². The van der Waals surface area contributed by atoms with E-state index >= 15 is 0 Å². The van der Waals surface area contributed by atoms with Crippen molar-refractivity contribution < 1.29 is 4.79 Å². The highest BCUT2D eigenvalue weighted by Gasteiger charge is 2.27. The summed E-state index contributed by atoms with van der Waals surface area (Å²) in [5.74, 6) is -0.0523. The monoisotopic (exact) mass is 333 g/mol. The number of hydrogen-bond donors (Lipinski definition) is 1. The Bertz CT molecular complexity index is 714. The lowest BCUT2D eigenvalue weighted by atomic mass is 10.2. The Balaban J connectivity index is 1.93. The van der Waals surface area contributed by atoms with Crippen LogP contribution in [0.5, 0.6) is 0 Å². The van der Waals surface area contributed by atoms with Gasteiger partial charge in [0.05, 0.1) is 11.4 Å². The Labute approximate surface area is 140 Å². The van der Waals surface area contributed by atoms with Crippen LogP contribution in [0.15, 0.2) is 24.3 Å². The fourth-order valence-electron chi connectivity index (χ4n) is 2.87. The van der Waals surface area contributed by atoms with Gasteiger partial charge in [0.1, 0.15) is 0 Å². The van der Waals surface area contributed by atoms with E-state index in [2.05, 4.69) is 22.6 Å². The average Bonchev–Trinajstić information content (AvgIpc) is 2.98. The normalized spacial score (nSPS) is 18.2. The molecule has 1 amide bonds. The Morgan fingerprint density at radius 2 is 2.30 bits per heavy atom. The van der Waals surface area contributed by atoms with Crippen LogP contribution in [0.1, 0.15) is 30.0 Å². The molecule has 1 saturated heterocycles. The predicted molar refractivity (Wildman–Crippen MR) is 89.1 cm³/mol. The van der Waals surface area contributed by atoms with E-state index in [0.717, 1.165) is 17.9 Å². The second-order valence-corrected chi connectivity index (χ2v) is 6.17. The van der Waals surface area contributed by atoms with Crippen molar-refractivity contribution in [1.82, 2.24) is 25.2 Å². The van der Waals surface area contributed by atoms with Crippen molar-refractivity contribution in [3.8, 4) is 5.69 Å². The van der Waals surface area contributed by atoms with Crippen molar-refractivity contribution in [3.05, 3.63) is 40.7 Å². The molecule has 122 valence electrons. The molecular formula is C16H20ClN5O. The van der Waals surface area contributed by atoms with Crippen LogP contribution >= 0.6 is 11.6 Å². The Morgan fingerprint density at radius 3 is 3.00 bits per heavy atom. The molecule has 1 aliphatic rings. The third-order valence-electron chi connectivity index (χ3n) is 4.01. The molecule has 0 spiro atoms. The first kappa shape index (κ1) is 16.0. The maximum atomic E-state index is 12.8.